The maximum Gasteiger partial charge on any atom is 0.303 e. The van der Waals surface area contributed by atoms with Crippen molar-refractivity contribution >= 4 is 5.97 Å². The van der Waals surface area contributed by atoms with Gasteiger partial charge in [0.05, 0.1) is 11.2 Å². The topological polar surface area (TPSA) is 46.5 Å². The number of carboxylic acids is 1. The summed E-state index contributed by atoms with van der Waals surface area (Å²) in [7, 11) is 0. The van der Waals surface area contributed by atoms with Gasteiger partial charge in [-0.1, -0.05) is 46.8 Å². The van der Waals surface area contributed by atoms with Crippen LogP contribution in [-0.2, 0) is 9.53 Å². The summed E-state index contributed by atoms with van der Waals surface area (Å²) in [5, 5.41) is 9.57. The maximum atomic E-state index is 11.6. The fourth-order valence-corrected chi connectivity index (χ4v) is 10.2. The van der Waals surface area contributed by atoms with Crippen LogP contribution in [0.5, 0.6) is 0 Å². The lowest BCUT2D eigenvalue weighted by Crippen LogP contribution is -2.60. The molecule has 0 radical (unpaired) electrons. The monoisotopic (exact) mass is 472 g/mol. The van der Waals surface area contributed by atoms with Crippen molar-refractivity contribution in [3.8, 4) is 0 Å². The first kappa shape index (κ1) is 26.2. The predicted octanol–water partition coefficient (Wildman–Crippen LogP) is 8.28. The molecule has 0 unspecified atom stereocenters. The summed E-state index contributed by atoms with van der Waals surface area (Å²) in [5.41, 5.74) is 1.82. The number of allylic oxidation sites excluding steroid dienone is 1. The molecule has 1 heterocycles. The highest BCUT2D eigenvalue weighted by Crippen LogP contribution is 2.74. The Hall–Kier alpha value is -0.830. The highest BCUT2D eigenvalue weighted by Gasteiger charge is 2.68. The third-order valence-electron chi connectivity index (χ3n) is 12.7. The number of hydrogen-bond donors (Lipinski definition) is 1. The van der Waals surface area contributed by atoms with Crippen LogP contribution in [0.15, 0.2) is 12.2 Å². The normalized spacial score (nSPS) is 50.7. The van der Waals surface area contributed by atoms with Gasteiger partial charge in [0, 0.05) is 6.42 Å². The van der Waals surface area contributed by atoms with Crippen LogP contribution in [0, 0.1) is 45.8 Å². The molecule has 0 amide bonds. The van der Waals surface area contributed by atoms with Crippen LogP contribution < -0.4 is 0 Å². The molecule has 3 aliphatic carbocycles. The first-order valence-electron chi connectivity index (χ1n) is 14.2. The van der Waals surface area contributed by atoms with E-state index < -0.39 is 5.97 Å². The lowest BCUT2D eigenvalue weighted by atomic mass is 9.38. The van der Waals surface area contributed by atoms with Gasteiger partial charge in [-0.3, -0.25) is 4.79 Å². The van der Waals surface area contributed by atoms with Crippen molar-refractivity contribution in [2.24, 2.45) is 45.8 Å². The quantitative estimate of drug-likeness (QED) is 0.396. The van der Waals surface area contributed by atoms with Gasteiger partial charge in [0.25, 0.3) is 0 Å². The van der Waals surface area contributed by atoms with E-state index in [9.17, 15) is 9.90 Å². The number of hydrogen-bond acceptors (Lipinski definition) is 2. The second-order valence-corrected chi connectivity index (χ2v) is 14.4. The molecule has 1 saturated heterocycles. The molecule has 4 fully saturated rings. The molecule has 9 atom stereocenters. The second-order valence-electron chi connectivity index (χ2n) is 14.4. The highest BCUT2D eigenvalue weighted by molar-refractivity contribution is 5.66. The first-order valence-corrected chi connectivity index (χ1v) is 14.2. The summed E-state index contributed by atoms with van der Waals surface area (Å²) < 4.78 is 7.02. The van der Waals surface area contributed by atoms with Crippen molar-refractivity contribution in [1.82, 2.24) is 0 Å². The van der Waals surface area contributed by atoms with Crippen LogP contribution in [0.3, 0.4) is 0 Å². The molecule has 0 spiro atoms. The molecular formula is C31H52O3. The van der Waals surface area contributed by atoms with Gasteiger partial charge in [-0.05, 0) is 124 Å². The summed E-state index contributed by atoms with van der Waals surface area (Å²) in [4.78, 5) is 11.6. The van der Waals surface area contributed by atoms with E-state index in [4.69, 9.17) is 4.74 Å². The minimum absolute atomic E-state index is 0.00377. The maximum absolute atomic E-state index is 11.6. The summed E-state index contributed by atoms with van der Waals surface area (Å²) in [6.07, 6.45) is 10.9. The third kappa shape index (κ3) is 3.65. The zero-order valence-corrected chi connectivity index (χ0v) is 23.4. The highest BCUT2D eigenvalue weighted by atomic mass is 16.5. The minimum Gasteiger partial charge on any atom is -0.481 e. The largest absolute Gasteiger partial charge is 0.481 e. The van der Waals surface area contributed by atoms with Gasteiger partial charge >= 0.3 is 5.97 Å². The van der Waals surface area contributed by atoms with E-state index in [1.807, 2.05) is 0 Å². The molecule has 4 rings (SSSR count). The first-order chi connectivity index (χ1) is 15.6. The number of aliphatic carboxylic acids is 1. The molecular weight excluding hydrogens is 420 g/mol. The van der Waals surface area contributed by atoms with Gasteiger partial charge in [0.1, 0.15) is 0 Å². The molecule has 0 aromatic rings. The van der Waals surface area contributed by atoms with Crippen molar-refractivity contribution in [1.29, 1.82) is 0 Å². The molecule has 1 aliphatic heterocycles. The zero-order valence-electron chi connectivity index (χ0n) is 23.4. The summed E-state index contributed by atoms with van der Waals surface area (Å²) in [5.74, 6) is 2.23. The Morgan fingerprint density at radius 1 is 0.941 bits per heavy atom. The van der Waals surface area contributed by atoms with E-state index in [-0.39, 0.29) is 28.5 Å². The SMILES string of the molecule is C=C(C)[C@@H]1CC[C@]2(C)[C@H](CC[C@@H]3[C@@H]([C@]4(C)CC[C@](C)(C(C)C)O4)CC[C@]32C)[C@@]1(C)CCC(=O)O. The Labute approximate surface area is 209 Å². The molecule has 4 aliphatic rings. The number of fused-ring (bicyclic) bond motifs is 3. The van der Waals surface area contributed by atoms with E-state index in [1.54, 1.807) is 0 Å². The van der Waals surface area contributed by atoms with Crippen LogP contribution in [0.1, 0.15) is 120 Å². The number of carbonyl (C=O) groups is 1. The van der Waals surface area contributed by atoms with E-state index in [0.29, 0.717) is 35.0 Å². The fourth-order valence-electron chi connectivity index (χ4n) is 10.2. The van der Waals surface area contributed by atoms with Crippen LogP contribution in [0.25, 0.3) is 0 Å². The average Bonchev–Trinajstić information content (AvgIpc) is 3.26. The van der Waals surface area contributed by atoms with E-state index in [1.165, 1.54) is 50.5 Å². The molecule has 3 nitrogen and oxygen atoms in total. The zero-order chi connectivity index (χ0) is 25.3. The van der Waals surface area contributed by atoms with E-state index in [0.717, 1.165) is 12.8 Å². The smallest absolute Gasteiger partial charge is 0.303 e. The van der Waals surface area contributed by atoms with Crippen molar-refractivity contribution in [3.05, 3.63) is 12.2 Å². The van der Waals surface area contributed by atoms with Gasteiger partial charge in [0.2, 0.25) is 0 Å². The molecule has 3 saturated carbocycles. The second kappa shape index (κ2) is 8.35. The van der Waals surface area contributed by atoms with Crippen molar-refractivity contribution in [2.75, 3.05) is 0 Å². The van der Waals surface area contributed by atoms with Crippen molar-refractivity contribution in [3.63, 3.8) is 0 Å². The van der Waals surface area contributed by atoms with Crippen LogP contribution in [-0.4, -0.2) is 22.3 Å². The Morgan fingerprint density at radius 2 is 1.59 bits per heavy atom. The molecule has 1 N–H and O–H groups in total. The summed E-state index contributed by atoms with van der Waals surface area (Å²) in [6.45, 7) is 23.6. The lowest BCUT2D eigenvalue weighted by molar-refractivity contribution is -0.189. The lowest BCUT2D eigenvalue weighted by Gasteiger charge is -2.66. The Kier molecular flexibility index (Phi) is 6.45. The van der Waals surface area contributed by atoms with Gasteiger partial charge in [0.15, 0.2) is 0 Å². The summed E-state index contributed by atoms with van der Waals surface area (Å²) in [6, 6.07) is 0. The molecule has 194 valence electrons. The van der Waals surface area contributed by atoms with E-state index in [2.05, 4.69) is 62.0 Å². The fraction of sp³-hybridized carbons (Fsp3) is 0.903. The van der Waals surface area contributed by atoms with Crippen molar-refractivity contribution in [2.45, 2.75) is 131 Å². The molecule has 0 aromatic carbocycles. The van der Waals surface area contributed by atoms with E-state index >= 15 is 0 Å². The van der Waals surface area contributed by atoms with Gasteiger partial charge in [-0.2, -0.15) is 0 Å². The molecule has 0 bridgehead atoms. The molecule has 34 heavy (non-hydrogen) atoms. The van der Waals surface area contributed by atoms with Gasteiger partial charge < -0.3 is 9.84 Å². The number of ether oxygens (including phenoxy) is 1. The predicted molar refractivity (Wildman–Crippen MR) is 140 cm³/mol. The van der Waals surface area contributed by atoms with Gasteiger partial charge in [-0.15, -0.1) is 0 Å². The minimum atomic E-state index is -0.658. The number of carboxylic acid groups (broad SMARTS) is 1. The molecule has 0 aromatic heterocycles. The third-order valence-corrected chi connectivity index (χ3v) is 12.7. The van der Waals surface area contributed by atoms with Crippen LogP contribution in [0.2, 0.25) is 0 Å². The van der Waals surface area contributed by atoms with Crippen LogP contribution >= 0.6 is 0 Å². The van der Waals surface area contributed by atoms with Crippen molar-refractivity contribution < 1.29 is 14.6 Å². The average molecular weight is 473 g/mol. The Morgan fingerprint density at radius 3 is 2.15 bits per heavy atom. The summed E-state index contributed by atoms with van der Waals surface area (Å²) >= 11 is 0. The standard InChI is InChI=1S/C31H52O3/c1-20(2)22-12-17-29(7)25(27(22,5)15-14-26(32)33)11-10-23-24(13-16-28(23,29)6)31(9)19-18-30(8,34-31)21(3)4/h21-25H,1,10-19H2,2-9H3,(H,32,33)/t22-,23+,24-,25+,27-,28+,29+,30+,31-/m0/s1. The van der Waals surface area contributed by atoms with Crippen LogP contribution in [0.4, 0.5) is 0 Å². The Bertz CT molecular complexity index is 833. The Balaban J connectivity index is 1.66. The van der Waals surface area contributed by atoms with Gasteiger partial charge in [-0.25, -0.2) is 0 Å². The number of rotatable bonds is 6. The molecule has 3 heteroatoms.